The zero-order valence-corrected chi connectivity index (χ0v) is 17.0. The van der Waals surface area contributed by atoms with Crippen molar-refractivity contribution >= 4 is 38.5 Å². The fourth-order valence-electron chi connectivity index (χ4n) is 3.27. The predicted molar refractivity (Wildman–Crippen MR) is 107 cm³/mol. The number of phenols is 1. The van der Waals surface area contributed by atoms with E-state index < -0.39 is 0 Å². The van der Waals surface area contributed by atoms with Crippen LogP contribution in [0.15, 0.2) is 27.7 Å². The molecule has 1 aliphatic rings. The number of thiophene rings is 1. The van der Waals surface area contributed by atoms with Gasteiger partial charge >= 0.3 is 0 Å². The van der Waals surface area contributed by atoms with Gasteiger partial charge in [-0.1, -0.05) is 36.7 Å². The molecule has 0 aliphatic heterocycles. The molecular weight excluding hydrogens is 396 g/mol. The monoisotopic (exact) mass is 416 g/mol. The van der Waals surface area contributed by atoms with Gasteiger partial charge in [-0.05, 0) is 54.4 Å². The first kappa shape index (κ1) is 18.2. The summed E-state index contributed by atoms with van der Waals surface area (Å²) in [7, 11) is 0. The minimum Gasteiger partial charge on any atom is -0.507 e. The second-order valence-electron chi connectivity index (χ2n) is 7.56. The molecule has 0 saturated carbocycles. The Morgan fingerprint density at radius 3 is 2.84 bits per heavy atom. The molecule has 0 bridgehead atoms. The lowest BCUT2D eigenvalue weighted by atomic mass is 9.72. The second kappa shape index (κ2) is 6.93. The molecule has 0 spiro atoms. The molecule has 5 heteroatoms. The van der Waals surface area contributed by atoms with Gasteiger partial charge in [0.15, 0.2) is 0 Å². The van der Waals surface area contributed by atoms with E-state index in [1.165, 1.54) is 10.4 Å². The quantitative estimate of drug-likeness (QED) is 0.611. The number of aromatic hydroxyl groups is 1. The summed E-state index contributed by atoms with van der Waals surface area (Å²) < 4.78 is 0.880. The van der Waals surface area contributed by atoms with Gasteiger partial charge in [0.2, 0.25) is 0 Å². The van der Waals surface area contributed by atoms with Crippen LogP contribution in [0.2, 0.25) is 0 Å². The molecule has 1 aromatic carbocycles. The molecule has 1 N–H and O–H groups in total. The van der Waals surface area contributed by atoms with Crippen molar-refractivity contribution in [1.29, 1.82) is 5.26 Å². The molecule has 0 saturated heterocycles. The highest BCUT2D eigenvalue weighted by molar-refractivity contribution is 9.10. The van der Waals surface area contributed by atoms with Gasteiger partial charge in [-0.25, -0.2) is 4.99 Å². The number of nitrogens with zero attached hydrogens (tertiary/aromatic N) is 2. The molecule has 2 aromatic rings. The smallest absolute Gasteiger partial charge is 0.134 e. The first-order valence-corrected chi connectivity index (χ1v) is 9.97. The highest BCUT2D eigenvalue weighted by Gasteiger charge is 2.32. The van der Waals surface area contributed by atoms with Crippen molar-refractivity contribution in [3.8, 4) is 11.8 Å². The van der Waals surface area contributed by atoms with Crippen LogP contribution < -0.4 is 0 Å². The van der Waals surface area contributed by atoms with Gasteiger partial charge in [0.05, 0.1) is 5.56 Å². The van der Waals surface area contributed by atoms with Gasteiger partial charge in [-0.2, -0.15) is 5.26 Å². The minimum atomic E-state index is 0.180. The predicted octanol–water partition coefficient (Wildman–Crippen LogP) is 5.99. The summed E-state index contributed by atoms with van der Waals surface area (Å²) in [5.74, 6) is 0.815. The molecule has 1 aromatic heterocycles. The van der Waals surface area contributed by atoms with Crippen molar-refractivity contribution in [1.82, 2.24) is 0 Å². The van der Waals surface area contributed by atoms with E-state index in [0.717, 1.165) is 28.7 Å². The number of rotatable bonds is 2. The highest BCUT2D eigenvalue weighted by Crippen LogP contribution is 2.44. The number of hydrogen-bond acceptors (Lipinski definition) is 4. The van der Waals surface area contributed by atoms with Crippen LogP contribution in [-0.2, 0) is 12.8 Å². The number of aliphatic imine (C=N–C) groups is 1. The summed E-state index contributed by atoms with van der Waals surface area (Å²) in [6.45, 7) is 6.86. The van der Waals surface area contributed by atoms with Crippen molar-refractivity contribution in [2.75, 3.05) is 0 Å². The summed E-state index contributed by atoms with van der Waals surface area (Å²) in [5, 5.41) is 20.3. The summed E-state index contributed by atoms with van der Waals surface area (Å²) in [6.07, 6.45) is 4.74. The third-order valence-electron chi connectivity index (χ3n) is 4.89. The Balaban J connectivity index is 1.94. The lowest BCUT2D eigenvalue weighted by Crippen LogP contribution is -2.26. The molecule has 3 nitrogen and oxygen atoms in total. The molecule has 1 atom stereocenters. The maximum atomic E-state index is 9.95. The molecule has 25 heavy (non-hydrogen) atoms. The summed E-state index contributed by atoms with van der Waals surface area (Å²) in [6, 6.07) is 7.57. The normalized spacial score (nSPS) is 17.5. The van der Waals surface area contributed by atoms with Gasteiger partial charge in [-0.3, -0.25) is 0 Å². The van der Waals surface area contributed by atoms with Gasteiger partial charge in [0.1, 0.15) is 16.8 Å². The standard InChI is InChI=1S/C20H21BrN2OS/c1-20(2,3)13-4-6-15-16(10-22)19(25-18(15)9-13)23-11-12-8-14(21)5-7-17(12)24/h5,7-8,11,13,24H,4,6,9H2,1-3H3/t13-/m1/s1. The molecule has 130 valence electrons. The molecule has 0 fully saturated rings. The van der Waals surface area contributed by atoms with Crippen LogP contribution in [0.5, 0.6) is 5.75 Å². The Hall–Kier alpha value is -1.64. The van der Waals surface area contributed by atoms with E-state index in [1.54, 1.807) is 29.7 Å². The SMILES string of the molecule is CC(C)(C)[C@@H]1CCc2c(sc(N=Cc3cc(Br)ccc3O)c2C#N)C1. The average molecular weight is 417 g/mol. The maximum absolute atomic E-state index is 9.95. The van der Waals surface area contributed by atoms with Crippen LogP contribution in [0.1, 0.15) is 48.8 Å². The highest BCUT2D eigenvalue weighted by atomic mass is 79.9. The zero-order chi connectivity index (χ0) is 18.2. The summed E-state index contributed by atoms with van der Waals surface area (Å²) in [4.78, 5) is 5.83. The van der Waals surface area contributed by atoms with Crippen molar-refractivity contribution in [2.24, 2.45) is 16.3 Å². The van der Waals surface area contributed by atoms with Gasteiger partial charge in [-0.15, -0.1) is 11.3 Å². The lowest BCUT2D eigenvalue weighted by Gasteiger charge is -2.33. The minimum absolute atomic E-state index is 0.180. The van der Waals surface area contributed by atoms with Crippen LogP contribution in [0, 0.1) is 22.7 Å². The molecule has 1 aliphatic carbocycles. The molecule has 0 radical (unpaired) electrons. The molecule has 3 rings (SSSR count). The van der Waals surface area contributed by atoms with E-state index in [9.17, 15) is 10.4 Å². The maximum Gasteiger partial charge on any atom is 0.134 e. The molecule has 0 amide bonds. The largest absolute Gasteiger partial charge is 0.507 e. The molecule has 0 unspecified atom stereocenters. The lowest BCUT2D eigenvalue weighted by molar-refractivity contribution is 0.218. The van der Waals surface area contributed by atoms with Crippen LogP contribution in [0.25, 0.3) is 0 Å². The number of benzene rings is 1. The van der Waals surface area contributed by atoms with Gasteiger partial charge in [0, 0.05) is 21.1 Å². The Labute approximate surface area is 161 Å². The Kier molecular flexibility index (Phi) is 5.04. The van der Waals surface area contributed by atoms with E-state index in [-0.39, 0.29) is 11.2 Å². The van der Waals surface area contributed by atoms with Crippen LogP contribution in [0.4, 0.5) is 5.00 Å². The van der Waals surface area contributed by atoms with E-state index in [2.05, 4.69) is 47.8 Å². The number of phenolic OH excluding ortho intramolecular Hbond substituents is 1. The van der Waals surface area contributed by atoms with Crippen LogP contribution in [0.3, 0.4) is 0 Å². The number of nitriles is 1. The topological polar surface area (TPSA) is 56.4 Å². The molecule has 1 heterocycles. The van der Waals surface area contributed by atoms with E-state index in [0.29, 0.717) is 17.0 Å². The Morgan fingerprint density at radius 1 is 1.40 bits per heavy atom. The Morgan fingerprint density at radius 2 is 2.16 bits per heavy atom. The number of fused-ring (bicyclic) bond motifs is 1. The van der Waals surface area contributed by atoms with Crippen molar-refractivity contribution in [3.63, 3.8) is 0 Å². The van der Waals surface area contributed by atoms with Gasteiger partial charge < -0.3 is 5.11 Å². The van der Waals surface area contributed by atoms with Crippen molar-refractivity contribution in [3.05, 3.63) is 44.2 Å². The zero-order valence-electron chi connectivity index (χ0n) is 14.6. The summed E-state index contributed by atoms with van der Waals surface area (Å²) >= 11 is 5.02. The van der Waals surface area contributed by atoms with E-state index in [4.69, 9.17) is 0 Å². The van der Waals surface area contributed by atoms with Crippen molar-refractivity contribution in [2.45, 2.75) is 40.0 Å². The van der Waals surface area contributed by atoms with Gasteiger partial charge in [0.25, 0.3) is 0 Å². The fourth-order valence-corrected chi connectivity index (χ4v) is 4.87. The molecular formula is C20H21BrN2OS. The average Bonchev–Trinajstić information content (AvgIpc) is 2.91. The van der Waals surface area contributed by atoms with Crippen LogP contribution in [-0.4, -0.2) is 11.3 Å². The third-order valence-corrected chi connectivity index (χ3v) is 6.55. The second-order valence-corrected chi connectivity index (χ2v) is 9.56. The third kappa shape index (κ3) is 3.80. The van der Waals surface area contributed by atoms with E-state index >= 15 is 0 Å². The first-order chi connectivity index (χ1) is 11.8. The van der Waals surface area contributed by atoms with Crippen LogP contribution >= 0.6 is 27.3 Å². The number of hydrogen-bond donors (Lipinski definition) is 1. The fraction of sp³-hybridized carbons (Fsp3) is 0.400. The number of halogens is 1. The first-order valence-electron chi connectivity index (χ1n) is 8.37. The summed E-state index contributed by atoms with van der Waals surface area (Å²) in [5.41, 5.74) is 2.80. The van der Waals surface area contributed by atoms with E-state index in [1.807, 2.05) is 6.07 Å². The Bertz CT molecular complexity index is 871. The van der Waals surface area contributed by atoms with Crippen molar-refractivity contribution < 1.29 is 5.11 Å².